The summed E-state index contributed by atoms with van der Waals surface area (Å²) in [7, 11) is 0. The molecular weight excluding hydrogens is 302 g/mol. The van der Waals surface area contributed by atoms with Gasteiger partial charge in [-0.3, -0.25) is 9.59 Å². The number of piperidine rings is 1. The van der Waals surface area contributed by atoms with Crippen LogP contribution in [0.4, 0.5) is 5.69 Å². The molecule has 0 aromatic heterocycles. The molecule has 1 saturated heterocycles. The molecular formula is C19H29N3O2. The molecule has 1 fully saturated rings. The van der Waals surface area contributed by atoms with E-state index in [9.17, 15) is 9.59 Å². The van der Waals surface area contributed by atoms with Crippen molar-refractivity contribution in [2.75, 3.05) is 25.0 Å². The lowest BCUT2D eigenvalue weighted by molar-refractivity contribution is -0.139. The summed E-state index contributed by atoms with van der Waals surface area (Å²) in [5.74, 6) is -0.0127. The van der Waals surface area contributed by atoms with E-state index in [4.69, 9.17) is 0 Å². The molecule has 2 N–H and O–H groups in total. The molecule has 0 radical (unpaired) electrons. The summed E-state index contributed by atoms with van der Waals surface area (Å²) < 4.78 is 0. The zero-order chi connectivity index (χ0) is 17.7. The molecule has 0 spiro atoms. The van der Waals surface area contributed by atoms with Crippen LogP contribution in [-0.2, 0) is 9.59 Å². The molecule has 2 atom stereocenters. The van der Waals surface area contributed by atoms with Crippen molar-refractivity contribution in [2.45, 2.75) is 46.6 Å². The molecule has 1 aliphatic heterocycles. The van der Waals surface area contributed by atoms with Gasteiger partial charge in [-0.1, -0.05) is 18.2 Å². The Bertz CT molecular complexity index is 580. The Balaban J connectivity index is 1.99. The van der Waals surface area contributed by atoms with Crippen LogP contribution in [0.1, 0.15) is 37.8 Å². The van der Waals surface area contributed by atoms with Crippen molar-refractivity contribution < 1.29 is 9.59 Å². The van der Waals surface area contributed by atoms with Crippen LogP contribution in [0.15, 0.2) is 18.2 Å². The second-order valence-electron chi connectivity index (χ2n) is 6.74. The Morgan fingerprint density at radius 1 is 1.29 bits per heavy atom. The van der Waals surface area contributed by atoms with Crippen LogP contribution in [0, 0.1) is 19.8 Å². The van der Waals surface area contributed by atoms with E-state index in [1.54, 1.807) is 4.90 Å². The summed E-state index contributed by atoms with van der Waals surface area (Å²) in [5, 5.41) is 6.32. The van der Waals surface area contributed by atoms with Gasteiger partial charge < -0.3 is 15.5 Å². The van der Waals surface area contributed by atoms with Gasteiger partial charge in [0.1, 0.15) is 0 Å². The first-order chi connectivity index (χ1) is 11.4. The van der Waals surface area contributed by atoms with Gasteiger partial charge >= 0.3 is 0 Å². The third-order valence-electron chi connectivity index (χ3n) is 4.75. The fraction of sp³-hybridized carbons (Fsp3) is 0.579. The van der Waals surface area contributed by atoms with Crippen LogP contribution in [0.2, 0.25) is 0 Å². The second-order valence-corrected chi connectivity index (χ2v) is 6.74. The highest BCUT2D eigenvalue weighted by molar-refractivity contribution is 5.96. The van der Waals surface area contributed by atoms with Gasteiger partial charge in [0.15, 0.2) is 0 Å². The number of anilines is 1. The smallest absolute Gasteiger partial charge is 0.244 e. The monoisotopic (exact) mass is 331 g/mol. The molecule has 132 valence electrons. The molecule has 5 heteroatoms. The maximum absolute atomic E-state index is 12.7. The highest BCUT2D eigenvalue weighted by Crippen LogP contribution is 2.21. The van der Waals surface area contributed by atoms with Crippen molar-refractivity contribution in [3.05, 3.63) is 29.3 Å². The molecule has 0 saturated carbocycles. The van der Waals surface area contributed by atoms with E-state index in [0.717, 1.165) is 36.2 Å². The molecule has 0 unspecified atom stereocenters. The molecule has 5 nitrogen and oxygen atoms in total. The van der Waals surface area contributed by atoms with E-state index < -0.39 is 0 Å². The van der Waals surface area contributed by atoms with Crippen molar-refractivity contribution in [2.24, 2.45) is 5.92 Å². The third-order valence-corrected chi connectivity index (χ3v) is 4.75. The SMILES string of the molecule is CCN(CC(=O)Nc1c(C)cccc1C)C(=O)[C@H]1CCN[C@@H](C)C1. The van der Waals surface area contributed by atoms with Gasteiger partial charge in [0.05, 0.1) is 6.54 Å². The first kappa shape index (κ1) is 18.5. The zero-order valence-corrected chi connectivity index (χ0v) is 15.2. The lowest BCUT2D eigenvalue weighted by Crippen LogP contribution is -2.46. The van der Waals surface area contributed by atoms with E-state index in [1.165, 1.54) is 0 Å². The molecule has 1 aromatic rings. The Kier molecular flexibility index (Phi) is 6.37. The number of rotatable bonds is 5. The van der Waals surface area contributed by atoms with E-state index >= 15 is 0 Å². The first-order valence-corrected chi connectivity index (χ1v) is 8.80. The minimum atomic E-state index is -0.135. The van der Waals surface area contributed by atoms with Crippen LogP contribution in [0.5, 0.6) is 0 Å². The van der Waals surface area contributed by atoms with E-state index in [0.29, 0.717) is 12.6 Å². The number of hydrogen-bond donors (Lipinski definition) is 2. The van der Waals surface area contributed by atoms with Crippen molar-refractivity contribution in [1.82, 2.24) is 10.2 Å². The van der Waals surface area contributed by atoms with Gasteiger partial charge in [0, 0.05) is 24.2 Å². The number of hydrogen-bond acceptors (Lipinski definition) is 3. The van der Waals surface area contributed by atoms with Crippen molar-refractivity contribution in [1.29, 1.82) is 0 Å². The Morgan fingerprint density at radius 2 is 1.96 bits per heavy atom. The Morgan fingerprint density at radius 3 is 2.54 bits per heavy atom. The summed E-state index contributed by atoms with van der Waals surface area (Å²) >= 11 is 0. The molecule has 2 amide bonds. The summed E-state index contributed by atoms with van der Waals surface area (Å²) in [6, 6.07) is 6.28. The standard InChI is InChI=1S/C19H29N3O2/c1-5-22(19(24)16-9-10-20-15(4)11-16)12-17(23)21-18-13(2)7-6-8-14(18)3/h6-8,15-16,20H,5,9-12H2,1-4H3,(H,21,23)/t15-,16-/m0/s1. The normalized spacial score (nSPS) is 20.5. The number of nitrogens with zero attached hydrogens (tertiary/aromatic N) is 1. The number of para-hydroxylation sites is 1. The predicted molar refractivity (Wildman–Crippen MR) is 97.0 cm³/mol. The zero-order valence-electron chi connectivity index (χ0n) is 15.2. The largest absolute Gasteiger partial charge is 0.333 e. The molecule has 0 bridgehead atoms. The number of likely N-dealkylation sites (N-methyl/N-ethyl adjacent to an activating group) is 1. The summed E-state index contributed by atoms with van der Waals surface area (Å²) in [6.45, 7) is 9.50. The minimum Gasteiger partial charge on any atom is -0.333 e. The number of nitrogens with one attached hydrogen (secondary N) is 2. The van der Waals surface area contributed by atoms with Crippen molar-refractivity contribution >= 4 is 17.5 Å². The maximum atomic E-state index is 12.7. The average Bonchev–Trinajstić information content (AvgIpc) is 2.55. The highest BCUT2D eigenvalue weighted by Gasteiger charge is 2.28. The lowest BCUT2D eigenvalue weighted by atomic mass is 9.92. The lowest BCUT2D eigenvalue weighted by Gasteiger charge is -2.31. The minimum absolute atomic E-state index is 0.0224. The topological polar surface area (TPSA) is 61.4 Å². The maximum Gasteiger partial charge on any atom is 0.244 e. The molecule has 24 heavy (non-hydrogen) atoms. The number of carbonyl (C=O) groups excluding carboxylic acids is 2. The molecule has 1 aromatic carbocycles. The highest BCUT2D eigenvalue weighted by atomic mass is 16.2. The molecule has 0 aliphatic carbocycles. The van der Waals surface area contributed by atoms with Gasteiger partial charge in [-0.05, 0) is 58.2 Å². The average molecular weight is 331 g/mol. The van der Waals surface area contributed by atoms with Crippen LogP contribution in [-0.4, -0.2) is 42.4 Å². The number of benzene rings is 1. The van der Waals surface area contributed by atoms with E-state index in [-0.39, 0.29) is 24.3 Å². The van der Waals surface area contributed by atoms with Crippen LogP contribution in [0.3, 0.4) is 0 Å². The summed E-state index contributed by atoms with van der Waals surface area (Å²) in [4.78, 5) is 26.8. The van der Waals surface area contributed by atoms with Crippen molar-refractivity contribution in [3.8, 4) is 0 Å². The quantitative estimate of drug-likeness (QED) is 0.871. The van der Waals surface area contributed by atoms with Gasteiger partial charge in [-0.2, -0.15) is 0 Å². The second kappa shape index (κ2) is 8.29. The fourth-order valence-electron chi connectivity index (χ4n) is 3.32. The van der Waals surface area contributed by atoms with Gasteiger partial charge in [0.25, 0.3) is 0 Å². The predicted octanol–water partition coefficient (Wildman–Crippen LogP) is 2.48. The number of aryl methyl sites for hydroxylation is 2. The number of amides is 2. The molecule has 1 aliphatic rings. The van der Waals surface area contributed by atoms with Crippen molar-refractivity contribution in [3.63, 3.8) is 0 Å². The fourth-order valence-corrected chi connectivity index (χ4v) is 3.32. The van der Waals surface area contributed by atoms with Crippen LogP contribution < -0.4 is 10.6 Å². The van der Waals surface area contributed by atoms with Gasteiger partial charge in [0.2, 0.25) is 11.8 Å². The summed E-state index contributed by atoms with van der Waals surface area (Å²) in [5.41, 5.74) is 2.91. The first-order valence-electron chi connectivity index (χ1n) is 8.80. The number of carbonyl (C=O) groups is 2. The van der Waals surface area contributed by atoms with Crippen LogP contribution >= 0.6 is 0 Å². The van der Waals surface area contributed by atoms with Gasteiger partial charge in [-0.25, -0.2) is 0 Å². The van der Waals surface area contributed by atoms with E-state index in [2.05, 4.69) is 17.6 Å². The molecule has 2 rings (SSSR count). The summed E-state index contributed by atoms with van der Waals surface area (Å²) in [6.07, 6.45) is 1.69. The Labute approximate surface area is 144 Å². The van der Waals surface area contributed by atoms with Gasteiger partial charge in [-0.15, -0.1) is 0 Å². The van der Waals surface area contributed by atoms with E-state index in [1.807, 2.05) is 39.0 Å². The third kappa shape index (κ3) is 4.57. The van der Waals surface area contributed by atoms with Crippen LogP contribution in [0.25, 0.3) is 0 Å². The Hall–Kier alpha value is -1.88. The molecule has 1 heterocycles.